The zero-order valence-corrected chi connectivity index (χ0v) is 13.3. The summed E-state index contributed by atoms with van der Waals surface area (Å²) in [7, 11) is 0. The average molecular weight is 297 g/mol. The molecule has 0 saturated carbocycles. The highest BCUT2D eigenvalue weighted by atomic mass is 16.6. The summed E-state index contributed by atoms with van der Waals surface area (Å²) in [5, 5.41) is 6.44. The number of ether oxygens (including phenoxy) is 1. The summed E-state index contributed by atoms with van der Waals surface area (Å²) in [6.07, 6.45) is 3.26. The molecule has 120 valence electrons. The molecular formula is C15H27N3O3. The van der Waals surface area contributed by atoms with Gasteiger partial charge in [0.15, 0.2) is 0 Å². The lowest BCUT2D eigenvalue weighted by molar-refractivity contribution is -0.122. The average Bonchev–Trinajstić information content (AvgIpc) is 2.40. The van der Waals surface area contributed by atoms with Gasteiger partial charge in [0.25, 0.3) is 0 Å². The summed E-state index contributed by atoms with van der Waals surface area (Å²) in [5.74, 6) is 0.132. The van der Waals surface area contributed by atoms with E-state index in [2.05, 4.69) is 10.6 Å². The van der Waals surface area contributed by atoms with Crippen LogP contribution in [0.1, 0.15) is 46.5 Å². The summed E-state index contributed by atoms with van der Waals surface area (Å²) < 4.78 is 5.43. The van der Waals surface area contributed by atoms with Crippen molar-refractivity contribution < 1.29 is 14.3 Å². The maximum Gasteiger partial charge on any atom is 0.410 e. The minimum atomic E-state index is -0.453. The summed E-state index contributed by atoms with van der Waals surface area (Å²) >= 11 is 0. The molecule has 2 heterocycles. The molecule has 0 spiro atoms. The van der Waals surface area contributed by atoms with E-state index >= 15 is 0 Å². The second-order valence-electron chi connectivity index (χ2n) is 6.97. The Bertz CT molecular complexity index is 382. The van der Waals surface area contributed by atoms with Crippen LogP contribution in [0.4, 0.5) is 4.79 Å². The molecule has 0 aromatic rings. The fourth-order valence-corrected chi connectivity index (χ4v) is 2.81. The van der Waals surface area contributed by atoms with Gasteiger partial charge in [-0.2, -0.15) is 0 Å². The van der Waals surface area contributed by atoms with Crippen LogP contribution in [0.15, 0.2) is 0 Å². The quantitative estimate of drug-likeness (QED) is 0.805. The second kappa shape index (κ2) is 6.64. The van der Waals surface area contributed by atoms with E-state index in [1.54, 1.807) is 4.90 Å². The number of hydrogen-bond donors (Lipinski definition) is 2. The molecule has 0 radical (unpaired) electrons. The van der Waals surface area contributed by atoms with E-state index in [1.165, 1.54) is 0 Å². The summed E-state index contributed by atoms with van der Waals surface area (Å²) in [4.78, 5) is 25.1. The van der Waals surface area contributed by atoms with Gasteiger partial charge in [0, 0.05) is 38.1 Å². The van der Waals surface area contributed by atoms with Gasteiger partial charge in [-0.1, -0.05) is 0 Å². The fraction of sp³-hybridized carbons (Fsp3) is 0.867. The molecule has 0 bridgehead atoms. The Morgan fingerprint density at radius 2 is 2.10 bits per heavy atom. The Hall–Kier alpha value is -1.30. The summed E-state index contributed by atoms with van der Waals surface area (Å²) in [5.41, 5.74) is -0.453. The lowest BCUT2D eigenvalue weighted by Gasteiger charge is -2.37. The third-order valence-corrected chi connectivity index (χ3v) is 3.81. The van der Waals surface area contributed by atoms with Gasteiger partial charge in [-0.05, 0) is 40.0 Å². The molecule has 2 N–H and O–H groups in total. The van der Waals surface area contributed by atoms with Gasteiger partial charge in [0.05, 0.1) is 0 Å². The van der Waals surface area contributed by atoms with Gasteiger partial charge < -0.3 is 20.3 Å². The maximum absolute atomic E-state index is 12.1. The SMILES string of the molecule is CC(C)(C)OC(=O)N1CCCC(NC2CCC(=O)NC2)C1. The van der Waals surface area contributed by atoms with Crippen molar-refractivity contribution in [2.75, 3.05) is 19.6 Å². The van der Waals surface area contributed by atoms with Crippen molar-refractivity contribution in [2.45, 2.75) is 64.1 Å². The van der Waals surface area contributed by atoms with Crippen LogP contribution in [0, 0.1) is 0 Å². The van der Waals surface area contributed by atoms with Crippen LogP contribution in [0.2, 0.25) is 0 Å². The normalized spacial score (nSPS) is 27.2. The fourth-order valence-electron chi connectivity index (χ4n) is 2.81. The van der Waals surface area contributed by atoms with E-state index in [9.17, 15) is 9.59 Å². The first-order chi connectivity index (χ1) is 9.83. The van der Waals surface area contributed by atoms with Gasteiger partial charge in [0.1, 0.15) is 5.60 Å². The zero-order chi connectivity index (χ0) is 15.5. The van der Waals surface area contributed by atoms with Crippen molar-refractivity contribution in [1.82, 2.24) is 15.5 Å². The number of likely N-dealkylation sites (tertiary alicyclic amines) is 1. The highest BCUT2D eigenvalue weighted by Gasteiger charge is 2.29. The Kier molecular flexibility index (Phi) is 5.08. The summed E-state index contributed by atoms with van der Waals surface area (Å²) in [6, 6.07) is 0.595. The lowest BCUT2D eigenvalue weighted by atomic mass is 10.0. The number of carbonyl (C=O) groups excluding carboxylic acids is 2. The third-order valence-electron chi connectivity index (χ3n) is 3.81. The minimum Gasteiger partial charge on any atom is -0.444 e. The first-order valence-corrected chi connectivity index (χ1v) is 7.84. The monoisotopic (exact) mass is 297 g/mol. The molecule has 2 atom stereocenters. The smallest absolute Gasteiger partial charge is 0.410 e. The van der Waals surface area contributed by atoms with Crippen LogP contribution < -0.4 is 10.6 Å². The van der Waals surface area contributed by atoms with E-state index in [0.29, 0.717) is 25.6 Å². The summed E-state index contributed by atoms with van der Waals surface area (Å²) in [6.45, 7) is 7.77. The Morgan fingerprint density at radius 3 is 2.71 bits per heavy atom. The van der Waals surface area contributed by atoms with Crippen LogP contribution >= 0.6 is 0 Å². The highest BCUT2D eigenvalue weighted by Crippen LogP contribution is 2.16. The van der Waals surface area contributed by atoms with Crippen molar-refractivity contribution in [1.29, 1.82) is 0 Å². The second-order valence-corrected chi connectivity index (χ2v) is 6.97. The van der Waals surface area contributed by atoms with Gasteiger partial charge in [0.2, 0.25) is 5.91 Å². The Labute approximate surface area is 126 Å². The Balaban J connectivity index is 1.80. The van der Waals surface area contributed by atoms with Gasteiger partial charge >= 0.3 is 6.09 Å². The number of hydrogen-bond acceptors (Lipinski definition) is 4. The molecule has 2 aliphatic rings. The number of piperidine rings is 2. The molecule has 0 aliphatic carbocycles. The molecule has 2 saturated heterocycles. The molecule has 0 aromatic carbocycles. The van der Waals surface area contributed by atoms with Crippen molar-refractivity contribution >= 4 is 12.0 Å². The van der Waals surface area contributed by atoms with Crippen LogP contribution in [0.25, 0.3) is 0 Å². The van der Waals surface area contributed by atoms with Crippen molar-refractivity contribution in [3.63, 3.8) is 0 Å². The van der Waals surface area contributed by atoms with E-state index in [-0.39, 0.29) is 18.0 Å². The van der Waals surface area contributed by atoms with Crippen LogP contribution in [-0.4, -0.2) is 54.2 Å². The van der Waals surface area contributed by atoms with E-state index in [1.807, 2.05) is 20.8 Å². The molecule has 2 unspecified atom stereocenters. The van der Waals surface area contributed by atoms with E-state index in [4.69, 9.17) is 4.74 Å². The molecule has 6 heteroatoms. The molecule has 2 rings (SSSR count). The Morgan fingerprint density at radius 1 is 1.33 bits per heavy atom. The van der Waals surface area contributed by atoms with Gasteiger partial charge in [-0.15, -0.1) is 0 Å². The molecule has 6 nitrogen and oxygen atoms in total. The van der Waals surface area contributed by atoms with Crippen molar-refractivity contribution in [2.24, 2.45) is 0 Å². The molecular weight excluding hydrogens is 270 g/mol. The largest absolute Gasteiger partial charge is 0.444 e. The number of nitrogens with one attached hydrogen (secondary N) is 2. The first kappa shape index (κ1) is 16.1. The number of carbonyl (C=O) groups is 2. The predicted molar refractivity (Wildman–Crippen MR) is 80.0 cm³/mol. The maximum atomic E-state index is 12.1. The van der Waals surface area contributed by atoms with Crippen LogP contribution in [0.5, 0.6) is 0 Å². The van der Waals surface area contributed by atoms with Gasteiger partial charge in [-0.3, -0.25) is 4.79 Å². The van der Waals surface area contributed by atoms with Gasteiger partial charge in [-0.25, -0.2) is 4.79 Å². The highest BCUT2D eigenvalue weighted by molar-refractivity contribution is 5.76. The molecule has 2 amide bonds. The first-order valence-electron chi connectivity index (χ1n) is 7.84. The molecule has 2 aliphatic heterocycles. The number of rotatable bonds is 2. The third kappa shape index (κ3) is 5.19. The van der Waals surface area contributed by atoms with E-state index in [0.717, 1.165) is 25.8 Å². The minimum absolute atomic E-state index is 0.132. The van der Waals surface area contributed by atoms with E-state index < -0.39 is 5.60 Å². The number of nitrogens with zero attached hydrogens (tertiary/aromatic N) is 1. The zero-order valence-electron chi connectivity index (χ0n) is 13.3. The van der Waals surface area contributed by atoms with Crippen molar-refractivity contribution in [3.8, 4) is 0 Å². The topological polar surface area (TPSA) is 70.7 Å². The molecule has 21 heavy (non-hydrogen) atoms. The predicted octanol–water partition coefficient (Wildman–Crippen LogP) is 1.25. The lowest BCUT2D eigenvalue weighted by Crippen LogP contribution is -2.55. The number of amides is 2. The standard InChI is InChI=1S/C15H27N3O3/c1-15(2,3)21-14(20)18-8-4-5-12(10-18)17-11-6-7-13(19)16-9-11/h11-12,17H,4-10H2,1-3H3,(H,16,19). The molecule has 2 fully saturated rings. The van der Waals surface area contributed by atoms with Crippen molar-refractivity contribution in [3.05, 3.63) is 0 Å². The van der Waals surface area contributed by atoms with Crippen LogP contribution in [0.3, 0.4) is 0 Å². The van der Waals surface area contributed by atoms with Crippen LogP contribution in [-0.2, 0) is 9.53 Å². The molecule has 0 aromatic heterocycles.